The molecule has 1 aromatic heterocycles. The molecule has 2 saturated carbocycles. The van der Waals surface area contributed by atoms with E-state index >= 15 is 0 Å². The van der Waals surface area contributed by atoms with Crippen molar-refractivity contribution in [1.29, 1.82) is 0 Å². The summed E-state index contributed by atoms with van der Waals surface area (Å²) in [6, 6.07) is 1.54. The summed E-state index contributed by atoms with van der Waals surface area (Å²) in [5.41, 5.74) is 1.07. The molecule has 1 heterocycles. The summed E-state index contributed by atoms with van der Waals surface area (Å²) in [5.74, 6) is 0.150. The van der Waals surface area contributed by atoms with Gasteiger partial charge in [-0.2, -0.15) is 5.10 Å². The van der Waals surface area contributed by atoms with E-state index in [-0.39, 0.29) is 0 Å². The molecule has 1 N–H and O–H groups in total. The molecule has 1 aromatic rings. The highest BCUT2D eigenvalue weighted by Gasteiger charge is 2.38. The highest BCUT2D eigenvalue weighted by atomic mass is 16.4. The molecule has 15 heavy (non-hydrogen) atoms. The van der Waals surface area contributed by atoms with Gasteiger partial charge in [-0.1, -0.05) is 0 Å². The van der Waals surface area contributed by atoms with Crippen molar-refractivity contribution in [3.05, 3.63) is 18.0 Å². The van der Waals surface area contributed by atoms with Gasteiger partial charge in [0.1, 0.15) is 0 Å². The van der Waals surface area contributed by atoms with Crippen molar-refractivity contribution < 1.29 is 9.90 Å². The first-order valence-electron chi connectivity index (χ1n) is 5.53. The standard InChI is InChI=1S/C11H14N2O2/c14-11(15)10(8-3-4-8)13-6-5-9(12-13)7-1-2-7/h5-8,10H,1-4H2,(H,14,15). The van der Waals surface area contributed by atoms with Gasteiger partial charge >= 0.3 is 5.97 Å². The Kier molecular flexibility index (Phi) is 1.84. The number of hydrogen-bond acceptors (Lipinski definition) is 2. The lowest BCUT2D eigenvalue weighted by Crippen LogP contribution is -2.21. The highest BCUT2D eigenvalue weighted by Crippen LogP contribution is 2.42. The van der Waals surface area contributed by atoms with Crippen LogP contribution in [0, 0.1) is 5.92 Å². The van der Waals surface area contributed by atoms with Crippen molar-refractivity contribution in [3.8, 4) is 0 Å². The molecule has 0 aromatic carbocycles. The number of aromatic nitrogens is 2. The number of rotatable bonds is 4. The molecular formula is C11H14N2O2. The number of carboxylic acid groups (broad SMARTS) is 1. The second-order valence-corrected chi connectivity index (χ2v) is 4.62. The van der Waals surface area contributed by atoms with Gasteiger partial charge < -0.3 is 5.11 Å². The van der Waals surface area contributed by atoms with Gasteiger partial charge in [-0.15, -0.1) is 0 Å². The Morgan fingerprint density at radius 2 is 2.20 bits per heavy atom. The molecule has 0 radical (unpaired) electrons. The van der Waals surface area contributed by atoms with Gasteiger partial charge in [-0.3, -0.25) is 4.68 Å². The van der Waals surface area contributed by atoms with Gasteiger partial charge in [0.05, 0.1) is 5.69 Å². The molecule has 3 rings (SSSR count). The topological polar surface area (TPSA) is 55.1 Å². The summed E-state index contributed by atoms with van der Waals surface area (Å²) in [7, 11) is 0. The van der Waals surface area contributed by atoms with E-state index < -0.39 is 12.0 Å². The predicted molar refractivity (Wildman–Crippen MR) is 53.6 cm³/mol. The third-order valence-corrected chi connectivity index (χ3v) is 3.23. The first-order valence-corrected chi connectivity index (χ1v) is 5.53. The fourth-order valence-corrected chi connectivity index (χ4v) is 2.05. The Balaban J connectivity index is 1.84. The quantitative estimate of drug-likeness (QED) is 0.817. The van der Waals surface area contributed by atoms with Crippen LogP contribution in [0.25, 0.3) is 0 Å². The highest BCUT2D eigenvalue weighted by molar-refractivity contribution is 5.72. The van der Waals surface area contributed by atoms with Crippen LogP contribution >= 0.6 is 0 Å². The van der Waals surface area contributed by atoms with E-state index in [2.05, 4.69) is 5.10 Å². The Morgan fingerprint density at radius 3 is 2.73 bits per heavy atom. The maximum Gasteiger partial charge on any atom is 0.328 e. The average molecular weight is 206 g/mol. The lowest BCUT2D eigenvalue weighted by atomic mass is 10.2. The summed E-state index contributed by atoms with van der Waals surface area (Å²) in [5, 5.41) is 13.5. The van der Waals surface area contributed by atoms with Crippen molar-refractivity contribution >= 4 is 5.97 Å². The monoisotopic (exact) mass is 206 g/mol. The van der Waals surface area contributed by atoms with E-state index in [1.807, 2.05) is 12.3 Å². The van der Waals surface area contributed by atoms with Crippen LogP contribution in [0.15, 0.2) is 12.3 Å². The molecule has 2 aliphatic carbocycles. The van der Waals surface area contributed by atoms with Crippen LogP contribution in [0.4, 0.5) is 0 Å². The van der Waals surface area contributed by atoms with Crippen molar-refractivity contribution in [2.75, 3.05) is 0 Å². The van der Waals surface area contributed by atoms with E-state index in [0.29, 0.717) is 11.8 Å². The molecule has 0 saturated heterocycles. The number of aliphatic carboxylic acids is 1. The summed E-state index contributed by atoms with van der Waals surface area (Å²) < 4.78 is 1.65. The molecular weight excluding hydrogens is 192 g/mol. The largest absolute Gasteiger partial charge is 0.480 e. The van der Waals surface area contributed by atoms with Gasteiger partial charge in [0, 0.05) is 12.1 Å². The lowest BCUT2D eigenvalue weighted by molar-refractivity contribution is -0.141. The molecule has 4 heteroatoms. The Morgan fingerprint density at radius 1 is 1.47 bits per heavy atom. The van der Waals surface area contributed by atoms with Crippen molar-refractivity contribution in [2.45, 2.75) is 37.6 Å². The Bertz CT molecular complexity index is 391. The first kappa shape index (κ1) is 8.95. The van der Waals surface area contributed by atoms with Gasteiger partial charge in [-0.05, 0) is 37.7 Å². The van der Waals surface area contributed by atoms with Crippen LogP contribution in [0.1, 0.15) is 43.3 Å². The van der Waals surface area contributed by atoms with E-state index in [1.54, 1.807) is 4.68 Å². The average Bonchev–Trinajstić information content (AvgIpc) is 3.06. The second kappa shape index (κ2) is 3.08. The van der Waals surface area contributed by atoms with Gasteiger partial charge in [0.25, 0.3) is 0 Å². The Hall–Kier alpha value is -1.32. The third-order valence-electron chi connectivity index (χ3n) is 3.23. The summed E-state index contributed by atoms with van der Waals surface area (Å²) >= 11 is 0. The molecule has 0 spiro atoms. The first-order chi connectivity index (χ1) is 7.25. The normalized spacial score (nSPS) is 22.7. The zero-order valence-electron chi connectivity index (χ0n) is 8.47. The molecule has 1 atom stereocenters. The zero-order chi connectivity index (χ0) is 10.4. The van der Waals surface area contributed by atoms with E-state index in [9.17, 15) is 4.79 Å². The van der Waals surface area contributed by atoms with Crippen LogP contribution in [0.3, 0.4) is 0 Å². The molecule has 4 nitrogen and oxygen atoms in total. The molecule has 80 valence electrons. The van der Waals surface area contributed by atoms with Crippen LogP contribution in [-0.2, 0) is 4.79 Å². The van der Waals surface area contributed by atoms with Gasteiger partial charge in [0.2, 0.25) is 0 Å². The molecule has 1 unspecified atom stereocenters. The molecule has 0 amide bonds. The maximum absolute atomic E-state index is 11.1. The van der Waals surface area contributed by atoms with Crippen LogP contribution in [0.2, 0.25) is 0 Å². The third kappa shape index (κ3) is 1.64. The van der Waals surface area contributed by atoms with Crippen molar-refractivity contribution in [3.63, 3.8) is 0 Å². The fraction of sp³-hybridized carbons (Fsp3) is 0.636. The molecule has 2 aliphatic rings. The van der Waals surface area contributed by atoms with Crippen LogP contribution in [-0.4, -0.2) is 20.9 Å². The summed E-state index contributed by atoms with van der Waals surface area (Å²) in [6.45, 7) is 0. The molecule has 2 fully saturated rings. The Labute approximate surface area is 87.9 Å². The minimum Gasteiger partial charge on any atom is -0.480 e. The van der Waals surface area contributed by atoms with Gasteiger partial charge in [0.15, 0.2) is 6.04 Å². The van der Waals surface area contributed by atoms with E-state index in [4.69, 9.17) is 5.11 Å². The van der Waals surface area contributed by atoms with Crippen molar-refractivity contribution in [2.24, 2.45) is 5.92 Å². The van der Waals surface area contributed by atoms with Crippen molar-refractivity contribution in [1.82, 2.24) is 9.78 Å². The summed E-state index contributed by atoms with van der Waals surface area (Å²) in [4.78, 5) is 11.1. The van der Waals surface area contributed by atoms with E-state index in [0.717, 1.165) is 18.5 Å². The second-order valence-electron chi connectivity index (χ2n) is 4.62. The molecule has 0 aliphatic heterocycles. The lowest BCUT2D eigenvalue weighted by Gasteiger charge is -2.11. The number of hydrogen-bond donors (Lipinski definition) is 1. The predicted octanol–water partition coefficient (Wildman–Crippen LogP) is 1.80. The summed E-state index contributed by atoms with van der Waals surface area (Å²) in [6.07, 6.45) is 6.28. The number of carbonyl (C=O) groups is 1. The fourth-order valence-electron chi connectivity index (χ4n) is 2.05. The minimum atomic E-state index is -0.747. The number of carboxylic acids is 1. The minimum absolute atomic E-state index is 0.300. The smallest absolute Gasteiger partial charge is 0.328 e. The molecule has 0 bridgehead atoms. The zero-order valence-corrected chi connectivity index (χ0v) is 8.47. The maximum atomic E-state index is 11.1. The van der Waals surface area contributed by atoms with Gasteiger partial charge in [-0.25, -0.2) is 4.79 Å². The van der Waals surface area contributed by atoms with Crippen LogP contribution in [0.5, 0.6) is 0 Å². The number of nitrogens with zero attached hydrogens (tertiary/aromatic N) is 2. The van der Waals surface area contributed by atoms with Crippen LogP contribution < -0.4 is 0 Å². The van der Waals surface area contributed by atoms with E-state index in [1.165, 1.54) is 12.8 Å². The SMILES string of the molecule is O=C(O)C(C1CC1)n1ccc(C2CC2)n1.